The number of likely N-dealkylation sites (tertiary alicyclic amines) is 1. The Bertz CT molecular complexity index is 798. The Balaban J connectivity index is 1.35. The molecule has 1 aromatic heterocycles. The summed E-state index contributed by atoms with van der Waals surface area (Å²) in [5, 5.41) is 12.5. The number of amides is 2. The summed E-state index contributed by atoms with van der Waals surface area (Å²) in [6, 6.07) is 8.12. The lowest BCUT2D eigenvalue weighted by Crippen LogP contribution is -2.28. The average Bonchev–Trinajstić information content (AvgIpc) is 3.24. The van der Waals surface area contributed by atoms with E-state index in [2.05, 4.69) is 15.5 Å². The largest absolute Gasteiger partial charge is 0.338 e. The third kappa shape index (κ3) is 3.71. The van der Waals surface area contributed by atoms with Crippen molar-refractivity contribution in [1.29, 1.82) is 0 Å². The fourth-order valence-corrected chi connectivity index (χ4v) is 3.92. The summed E-state index contributed by atoms with van der Waals surface area (Å²) in [5.41, 5.74) is 2.27. The fraction of sp³-hybridized carbons (Fsp3) is 0.444. The molecule has 0 spiro atoms. The third-order valence-corrected chi connectivity index (χ3v) is 5.68. The summed E-state index contributed by atoms with van der Waals surface area (Å²) < 4.78 is 0. The highest BCUT2D eigenvalue weighted by Gasteiger charge is 2.35. The Kier molecular flexibility index (Phi) is 4.25. The van der Waals surface area contributed by atoms with Crippen LogP contribution in [0.25, 0.3) is 0 Å². The summed E-state index contributed by atoms with van der Waals surface area (Å²) in [7, 11) is 0. The molecule has 1 N–H and O–H groups in total. The van der Waals surface area contributed by atoms with Crippen LogP contribution in [0, 0.1) is 12.8 Å². The summed E-state index contributed by atoms with van der Waals surface area (Å²) in [5.74, 6) is 0.0855. The maximum atomic E-state index is 12.4. The Morgan fingerprint density at radius 3 is 2.76 bits per heavy atom. The second kappa shape index (κ2) is 6.55. The summed E-state index contributed by atoms with van der Waals surface area (Å²) in [6.07, 6.45) is 2.58. The van der Waals surface area contributed by atoms with E-state index in [1.54, 1.807) is 4.90 Å². The van der Waals surface area contributed by atoms with Crippen LogP contribution in [-0.2, 0) is 16.1 Å². The number of benzene rings is 1. The Morgan fingerprint density at radius 1 is 1.28 bits per heavy atom. The first-order valence-electron chi connectivity index (χ1n) is 8.56. The number of carbonyl (C=O) groups is 2. The van der Waals surface area contributed by atoms with E-state index in [1.165, 1.54) is 16.9 Å². The van der Waals surface area contributed by atoms with Crippen LogP contribution < -0.4 is 5.32 Å². The van der Waals surface area contributed by atoms with E-state index in [1.807, 2.05) is 31.2 Å². The summed E-state index contributed by atoms with van der Waals surface area (Å²) in [6.45, 7) is 3.04. The van der Waals surface area contributed by atoms with Gasteiger partial charge in [-0.2, -0.15) is 0 Å². The van der Waals surface area contributed by atoms with Gasteiger partial charge in [0.2, 0.25) is 16.9 Å². The van der Waals surface area contributed by atoms with Crippen LogP contribution in [0.1, 0.15) is 41.3 Å². The number of carbonyl (C=O) groups excluding carboxylic acids is 2. The average molecular weight is 356 g/mol. The smallest absolute Gasteiger partial charge is 0.231 e. The first-order valence-corrected chi connectivity index (χ1v) is 9.38. The summed E-state index contributed by atoms with van der Waals surface area (Å²) in [4.78, 5) is 26.4. The molecule has 1 saturated heterocycles. The molecule has 1 aliphatic carbocycles. The number of hydrogen-bond donors (Lipinski definition) is 1. The fourth-order valence-electron chi connectivity index (χ4n) is 3.00. The quantitative estimate of drug-likeness (QED) is 0.894. The predicted octanol–water partition coefficient (Wildman–Crippen LogP) is 2.71. The molecular formula is C18H20N4O2S. The molecule has 2 heterocycles. The number of nitrogens with one attached hydrogen (secondary N) is 1. The first kappa shape index (κ1) is 16.2. The number of aromatic nitrogens is 2. The second-order valence-electron chi connectivity index (χ2n) is 6.87. The van der Waals surface area contributed by atoms with Gasteiger partial charge in [0, 0.05) is 25.4 Å². The molecule has 2 amide bonds. The standard InChI is InChI=1S/C18H20N4O2S/c1-11-2-4-12(5-3-11)9-22-10-14(8-15(22)23)16(24)19-18-21-20-17(25-18)13-6-7-13/h2-5,13-14H,6-10H2,1H3,(H,19,21,24)/t14-/m1/s1. The second-order valence-corrected chi connectivity index (χ2v) is 7.88. The van der Waals surface area contributed by atoms with Crippen molar-refractivity contribution in [3.05, 3.63) is 40.4 Å². The van der Waals surface area contributed by atoms with Gasteiger partial charge >= 0.3 is 0 Å². The minimum Gasteiger partial charge on any atom is -0.338 e. The number of hydrogen-bond acceptors (Lipinski definition) is 5. The Morgan fingerprint density at radius 2 is 2.04 bits per heavy atom. The van der Waals surface area contributed by atoms with Gasteiger partial charge in [0.05, 0.1) is 5.92 Å². The molecule has 2 aliphatic rings. The van der Waals surface area contributed by atoms with E-state index in [9.17, 15) is 9.59 Å². The van der Waals surface area contributed by atoms with Gasteiger partial charge in [0.25, 0.3) is 0 Å². The molecule has 7 heteroatoms. The van der Waals surface area contributed by atoms with E-state index >= 15 is 0 Å². The third-order valence-electron chi connectivity index (χ3n) is 4.68. The van der Waals surface area contributed by atoms with Crippen molar-refractivity contribution in [3.8, 4) is 0 Å². The molecule has 0 radical (unpaired) electrons. The Hall–Kier alpha value is -2.28. The molecule has 1 aromatic carbocycles. The number of aryl methyl sites for hydroxylation is 1. The molecule has 1 aliphatic heterocycles. The SMILES string of the molecule is Cc1ccc(CN2C[C@H](C(=O)Nc3nnc(C4CC4)s3)CC2=O)cc1. The minimum absolute atomic E-state index is 0.0247. The lowest BCUT2D eigenvalue weighted by Gasteiger charge is -2.16. The van der Waals surface area contributed by atoms with E-state index in [0.717, 1.165) is 23.4 Å². The van der Waals surface area contributed by atoms with E-state index in [4.69, 9.17) is 0 Å². The zero-order chi connectivity index (χ0) is 17.4. The lowest BCUT2D eigenvalue weighted by molar-refractivity contribution is -0.128. The van der Waals surface area contributed by atoms with Gasteiger partial charge in [-0.25, -0.2) is 0 Å². The minimum atomic E-state index is -0.328. The zero-order valence-corrected chi connectivity index (χ0v) is 14.9. The van der Waals surface area contributed by atoms with E-state index in [-0.39, 0.29) is 24.2 Å². The number of rotatable bonds is 5. The first-order chi connectivity index (χ1) is 12.1. The monoisotopic (exact) mass is 356 g/mol. The van der Waals surface area contributed by atoms with E-state index < -0.39 is 0 Å². The van der Waals surface area contributed by atoms with Gasteiger partial charge in [-0.1, -0.05) is 41.2 Å². The molecule has 2 fully saturated rings. The van der Waals surface area contributed by atoms with Gasteiger partial charge in [-0.15, -0.1) is 10.2 Å². The van der Waals surface area contributed by atoms with Gasteiger partial charge in [-0.05, 0) is 25.3 Å². The van der Waals surface area contributed by atoms with Crippen molar-refractivity contribution in [2.75, 3.05) is 11.9 Å². The molecule has 0 unspecified atom stereocenters. The molecule has 4 rings (SSSR count). The van der Waals surface area contributed by atoms with Crippen LogP contribution >= 0.6 is 11.3 Å². The molecule has 25 heavy (non-hydrogen) atoms. The molecule has 6 nitrogen and oxygen atoms in total. The molecular weight excluding hydrogens is 336 g/mol. The maximum Gasteiger partial charge on any atom is 0.231 e. The van der Waals surface area contributed by atoms with E-state index in [0.29, 0.717) is 24.1 Å². The van der Waals surface area contributed by atoms with Gasteiger partial charge in [0.1, 0.15) is 5.01 Å². The topological polar surface area (TPSA) is 75.2 Å². The normalized spacial score (nSPS) is 20.1. The molecule has 1 atom stereocenters. The molecule has 1 saturated carbocycles. The predicted molar refractivity (Wildman–Crippen MR) is 95.2 cm³/mol. The van der Waals surface area contributed by atoms with Gasteiger partial charge in [-0.3, -0.25) is 9.59 Å². The van der Waals surface area contributed by atoms with Crippen LogP contribution in [0.5, 0.6) is 0 Å². The van der Waals surface area contributed by atoms with Crippen LogP contribution in [0.3, 0.4) is 0 Å². The van der Waals surface area contributed by atoms with Crippen LogP contribution in [-0.4, -0.2) is 33.5 Å². The number of anilines is 1. The molecule has 2 aromatic rings. The van der Waals surface area contributed by atoms with Crippen molar-refractivity contribution >= 4 is 28.3 Å². The van der Waals surface area contributed by atoms with Crippen molar-refractivity contribution in [1.82, 2.24) is 15.1 Å². The highest BCUT2D eigenvalue weighted by Crippen LogP contribution is 2.42. The van der Waals surface area contributed by atoms with Gasteiger partial charge in [0.15, 0.2) is 0 Å². The Labute approximate surface area is 150 Å². The number of nitrogens with zero attached hydrogens (tertiary/aromatic N) is 3. The maximum absolute atomic E-state index is 12.4. The van der Waals surface area contributed by atoms with Crippen molar-refractivity contribution in [2.45, 2.75) is 38.6 Å². The summed E-state index contributed by atoms with van der Waals surface area (Å²) >= 11 is 1.44. The highest BCUT2D eigenvalue weighted by atomic mass is 32.1. The van der Waals surface area contributed by atoms with Gasteiger partial charge < -0.3 is 10.2 Å². The van der Waals surface area contributed by atoms with Crippen LogP contribution in [0.4, 0.5) is 5.13 Å². The van der Waals surface area contributed by atoms with Crippen LogP contribution in [0.2, 0.25) is 0 Å². The zero-order valence-electron chi connectivity index (χ0n) is 14.1. The van der Waals surface area contributed by atoms with Crippen molar-refractivity contribution in [3.63, 3.8) is 0 Å². The van der Waals surface area contributed by atoms with Crippen LogP contribution in [0.15, 0.2) is 24.3 Å². The molecule has 130 valence electrons. The van der Waals surface area contributed by atoms with Crippen molar-refractivity contribution < 1.29 is 9.59 Å². The van der Waals surface area contributed by atoms with Crippen molar-refractivity contribution in [2.24, 2.45) is 5.92 Å². The highest BCUT2D eigenvalue weighted by molar-refractivity contribution is 7.15. The molecule has 0 bridgehead atoms. The lowest BCUT2D eigenvalue weighted by atomic mass is 10.1.